The first-order valence-electron chi connectivity index (χ1n) is 5.78. The van der Waals surface area contributed by atoms with Gasteiger partial charge < -0.3 is 5.11 Å². The Kier molecular flexibility index (Phi) is 4.20. The predicted octanol–water partition coefficient (Wildman–Crippen LogP) is 1.14. The van der Waals surface area contributed by atoms with E-state index in [0.29, 0.717) is 16.6 Å². The first-order valence-corrected chi connectivity index (χ1v) is 6.59. The Balaban J connectivity index is 2.34. The van der Waals surface area contributed by atoms with Crippen molar-refractivity contribution in [3.8, 4) is 0 Å². The van der Waals surface area contributed by atoms with Gasteiger partial charge >= 0.3 is 5.69 Å². The summed E-state index contributed by atoms with van der Waals surface area (Å²) in [7, 11) is 0. The van der Waals surface area contributed by atoms with Crippen molar-refractivity contribution in [2.75, 3.05) is 0 Å². The highest BCUT2D eigenvalue weighted by atomic mass is 32.2. The molecule has 0 aliphatic heterocycles. The zero-order valence-electron chi connectivity index (χ0n) is 10.6. The molecule has 106 valence electrons. The summed E-state index contributed by atoms with van der Waals surface area (Å²) in [4.78, 5) is 22.3. The summed E-state index contributed by atoms with van der Waals surface area (Å²) in [6, 6.07) is 4.40. The number of aromatic nitrogens is 3. The molecule has 0 aliphatic carbocycles. The molecule has 0 fully saturated rings. The van der Waals surface area contributed by atoms with Crippen molar-refractivity contribution in [3.05, 3.63) is 44.4 Å². The van der Waals surface area contributed by atoms with Crippen molar-refractivity contribution in [3.63, 3.8) is 0 Å². The maximum Gasteiger partial charge on any atom is 0.343 e. The maximum atomic E-state index is 11.4. The second-order valence-electron chi connectivity index (χ2n) is 3.86. The highest BCUT2D eigenvalue weighted by Gasteiger charge is 2.15. The van der Waals surface area contributed by atoms with Crippen molar-refractivity contribution in [2.24, 2.45) is 0 Å². The number of H-pyrrole nitrogens is 1. The van der Waals surface area contributed by atoms with Crippen molar-refractivity contribution < 1.29 is 10.0 Å². The van der Waals surface area contributed by atoms with Gasteiger partial charge in [-0.05, 0) is 30.8 Å². The van der Waals surface area contributed by atoms with Crippen LogP contribution >= 0.6 is 11.8 Å². The van der Waals surface area contributed by atoms with Crippen LogP contribution in [0.5, 0.6) is 0 Å². The molecule has 1 heterocycles. The van der Waals surface area contributed by atoms with Gasteiger partial charge in [-0.25, -0.2) is 9.89 Å². The van der Waals surface area contributed by atoms with Crippen molar-refractivity contribution >= 4 is 17.4 Å². The highest BCUT2D eigenvalue weighted by molar-refractivity contribution is 7.99. The second-order valence-corrected chi connectivity index (χ2v) is 4.90. The van der Waals surface area contributed by atoms with E-state index in [-0.39, 0.29) is 16.9 Å². The number of hydrogen-bond donors (Lipinski definition) is 2. The van der Waals surface area contributed by atoms with Gasteiger partial charge in [-0.2, -0.15) is 0 Å². The molecule has 1 aromatic carbocycles. The van der Waals surface area contributed by atoms with Gasteiger partial charge in [0.15, 0.2) is 5.16 Å². The molecular weight excluding hydrogens is 284 g/mol. The molecule has 20 heavy (non-hydrogen) atoms. The van der Waals surface area contributed by atoms with Crippen LogP contribution in [0, 0.1) is 10.1 Å². The largest absolute Gasteiger partial charge is 0.391 e. The number of nitrogens with one attached hydrogen (secondary N) is 1. The lowest BCUT2D eigenvalue weighted by Crippen LogP contribution is -2.15. The zero-order valence-corrected chi connectivity index (χ0v) is 11.4. The van der Waals surface area contributed by atoms with Crippen LogP contribution in [0.15, 0.2) is 33.0 Å². The molecule has 0 radical (unpaired) electrons. The van der Waals surface area contributed by atoms with E-state index >= 15 is 0 Å². The Morgan fingerprint density at radius 1 is 1.55 bits per heavy atom. The summed E-state index contributed by atoms with van der Waals surface area (Å²) in [5, 5.41) is 26.7. The molecule has 0 aliphatic rings. The molecule has 0 saturated carbocycles. The van der Waals surface area contributed by atoms with Gasteiger partial charge in [0.25, 0.3) is 5.69 Å². The quantitative estimate of drug-likeness (QED) is 0.631. The molecule has 9 heteroatoms. The van der Waals surface area contributed by atoms with Crippen LogP contribution < -0.4 is 5.69 Å². The Bertz CT molecular complexity index is 694. The van der Waals surface area contributed by atoms with Gasteiger partial charge in [-0.1, -0.05) is 0 Å². The molecule has 2 N–H and O–H groups in total. The number of nitrogens with zero attached hydrogens (tertiary/aromatic N) is 3. The molecule has 0 spiro atoms. The third-order valence-electron chi connectivity index (χ3n) is 2.67. The normalized spacial score (nSPS) is 10.7. The first kappa shape index (κ1) is 14.3. The van der Waals surface area contributed by atoms with Crippen molar-refractivity contribution in [2.45, 2.75) is 30.1 Å². The van der Waals surface area contributed by atoms with E-state index in [1.54, 1.807) is 6.07 Å². The molecule has 0 amide bonds. The number of nitro benzene ring substituents is 1. The topological polar surface area (TPSA) is 114 Å². The average Bonchev–Trinajstić information content (AvgIpc) is 2.78. The molecule has 0 saturated heterocycles. The molecule has 8 nitrogen and oxygen atoms in total. The van der Waals surface area contributed by atoms with Gasteiger partial charge in [0.1, 0.15) is 0 Å². The Morgan fingerprint density at radius 2 is 2.30 bits per heavy atom. The third-order valence-corrected chi connectivity index (χ3v) is 3.65. The predicted molar refractivity (Wildman–Crippen MR) is 71.7 cm³/mol. The van der Waals surface area contributed by atoms with E-state index in [1.165, 1.54) is 28.5 Å². The number of benzene rings is 1. The maximum absolute atomic E-state index is 11.4. The summed E-state index contributed by atoms with van der Waals surface area (Å²) in [6.07, 6.45) is 0. The summed E-state index contributed by atoms with van der Waals surface area (Å²) in [5.41, 5.74) is -0.216. The van der Waals surface area contributed by atoms with E-state index in [2.05, 4.69) is 10.2 Å². The molecule has 1 aromatic heterocycles. The number of rotatable bonds is 5. The van der Waals surface area contributed by atoms with E-state index < -0.39 is 11.5 Å². The SMILES string of the molecule is CCn1c(Sc2ccc([N+](=O)[O-])c(CO)c2)n[nH]c1=O. The summed E-state index contributed by atoms with van der Waals surface area (Å²) in [6.45, 7) is 1.86. The molecular formula is C11H12N4O4S. The number of aromatic amines is 1. The standard InChI is InChI=1S/C11H12N4O4S/c1-2-14-10(17)12-13-11(14)20-8-3-4-9(15(18)19)7(5-8)6-16/h3-5,16H,2,6H2,1H3,(H,12,17). The van der Waals surface area contributed by atoms with Crippen LogP contribution in [-0.4, -0.2) is 24.8 Å². The van der Waals surface area contributed by atoms with Crippen LogP contribution in [0.3, 0.4) is 0 Å². The molecule has 0 atom stereocenters. The first-order chi connectivity index (χ1) is 9.56. The monoisotopic (exact) mass is 296 g/mol. The van der Waals surface area contributed by atoms with Crippen LogP contribution in [0.1, 0.15) is 12.5 Å². The minimum Gasteiger partial charge on any atom is -0.391 e. The van der Waals surface area contributed by atoms with Crippen molar-refractivity contribution in [1.29, 1.82) is 0 Å². The van der Waals surface area contributed by atoms with Crippen LogP contribution in [0.2, 0.25) is 0 Å². The van der Waals surface area contributed by atoms with Crippen LogP contribution in [0.4, 0.5) is 5.69 Å². The zero-order chi connectivity index (χ0) is 14.7. The van der Waals surface area contributed by atoms with E-state index in [1.807, 2.05) is 6.92 Å². The van der Waals surface area contributed by atoms with Gasteiger partial charge in [0, 0.05) is 17.5 Å². The lowest BCUT2D eigenvalue weighted by molar-refractivity contribution is -0.385. The smallest absolute Gasteiger partial charge is 0.343 e. The third kappa shape index (κ3) is 2.73. The summed E-state index contributed by atoms with van der Waals surface area (Å²) >= 11 is 1.20. The van der Waals surface area contributed by atoms with Crippen molar-refractivity contribution in [1.82, 2.24) is 14.8 Å². The molecule has 2 aromatic rings. The Labute approximate surface area is 117 Å². The Hall–Kier alpha value is -2.13. The Morgan fingerprint density at radius 3 is 2.90 bits per heavy atom. The molecule has 0 unspecified atom stereocenters. The van der Waals surface area contributed by atoms with Gasteiger partial charge in [-0.15, -0.1) is 5.10 Å². The van der Waals surface area contributed by atoms with E-state index in [4.69, 9.17) is 0 Å². The molecule has 0 bridgehead atoms. The summed E-state index contributed by atoms with van der Waals surface area (Å²) in [5.74, 6) is 0. The van der Waals surface area contributed by atoms with Gasteiger partial charge in [0.05, 0.1) is 17.1 Å². The number of nitro groups is 1. The average molecular weight is 296 g/mol. The minimum atomic E-state index is -0.545. The number of hydrogen-bond acceptors (Lipinski definition) is 6. The van der Waals surface area contributed by atoms with Crippen LogP contribution in [0.25, 0.3) is 0 Å². The lowest BCUT2D eigenvalue weighted by atomic mass is 10.2. The van der Waals surface area contributed by atoms with E-state index in [0.717, 1.165) is 0 Å². The fourth-order valence-corrected chi connectivity index (χ4v) is 2.66. The fraction of sp³-hybridized carbons (Fsp3) is 0.273. The minimum absolute atomic E-state index is 0.133. The highest BCUT2D eigenvalue weighted by Crippen LogP contribution is 2.29. The lowest BCUT2D eigenvalue weighted by Gasteiger charge is -2.04. The van der Waals surface area contributed by atoms with Gasteiger partial charge in [-0.3, -0.25) is 14.7 Å². The summed E-state index contributed by atoms with van der Waals surface area (Å²) < 4.78 is 1.45. The fourth-order valence-electron chi connectivity index (χ4n) is 1.70. The second kappa shape index (κ2) is 5.88. The number of aliphatic hydroxyl groups excluding tert-OH is 1. The van der Waals surface area contributed by atoms with Crippen LogP contribution in [-0.2, 0) is 13.2 Å². The number of aliphatic hydroxyl groups is 1. The molecule has 2 rings (SSSR count). The van der Waals surface area contributed by atoms with Gasteiger partial charge in [0.2, 0.25) is 0 Å². The van der Waals surface area contributed by atoms with E-state index in [9.17, 15) is 20.0 Å².